The number of fused-ring (bicyclic) bond motifs is 1. The van der Waals surface area contributed by atoms with Gasteiger partial charge in [-0.05, 0) is 29.8 Å². The van der Waals surface area contributed by atoms with Gasteiger partial charge >= 0.3 is 11.7 Å². The smallest absolute Gasteiger partial charge is 0.349 e. The Bertz CT molecular complexity index is 1360. The number of ether oxygens (including phenoxy) is 4. The van der Waals surface area contributed by atoms with E-state index in [4.69, 9.17) is 24.7 Å². The van der Waals surface area contributed by atoms with E-state index in [0.29, 0.717) is 17.1 Å². The molecule has 1 aliphatic rings. The lowest BCUT2D eigenvalue weighted by Gasteiger charge is -2.26. The highest BCUT2D eigenvalue weighted by atomic mass is 16.6. The minimum Gasteiger partial charge on any atom is -0.497 e. The molecule has 3 aromatic carbocycles. The molecule has 1 heterocycles. The Morgan fingerprint density at radius 2 is 1.86 bits per heavy atom. The largest absolute Gasteiger partial charge is 0.497 e. The van der Waals surface area contributed by atoms with E-state index >= 15 is 0 Å². The highest BCUT2D eigenvalue weighted by Crippen LogP contribution is 2.43. The van der Waals surface area contributed by atoms with Crippen LogP contribution in [0.4, 0.5) is 5.69 Å². The predicted octanol–water partition coefficient (Wildman–Crippen LogP) is 3.81. The summed E-state index contributed by atoms with van der Waals surface area (Å²) in [5.41, 5.74) is 7.48. The molecule has 0 bridgehead atoms. The molecule has 1 aliphatic heterocycles. The molecule has 4 rings (SSSR count). The van der Waals surface area contributed by atoms with Crippen molar-refractivity contribution in [2.24, 2.45) is 5.73 Å². The third-order valence-electron chi connectivity index (χ3n) is 5.28. The molecule has 0 fully saturated rings. The van der Waals surface area contributed by atoms with Crippen molar-refractivity contribution in [1.82, 2.24) is 0 Å². The van der Waals surface area contributed by atoms with E-state index in [2.05, 4.69) is 6.07 Å². The number of carbonyl (C=O) groups is 1. The Morgan fingerprint density at radius 1 is 1.14 bits per heavy atom. The van der Waals surface area contributed by atoms with Crippen molar-refractivity contribution in [3.63, 3.8) is 0 Å². The zero-order valence-corrected chi connectivity index (χ0v) is 18.5. The number of carbonyl (C=O) groups excluding carboxylic acids is 1. The van der Waals surface area contributed by atoms with Crippen LogP contribution in [0.1, 0.15) is 17.0 Å². The van der Waals surface area contributed by atoms with Gasteiger partial charge in [0.15, 0.2) is 12.4 Å². The Hall–Kier alpha value is -5.04. The molecule has 0 spiro atoms. The van der Waals surface area contributed by atoms with Crippen LogP contribution in [0.25, 0.3) is 0 Å². The molecule has 1 unspecified atom stereocenters. The highest BCUT2D eigenvalue weighted by Gasteiger charge is 2.31. The first-order chi connectivity index (χ1) is 16.9. The van der Waals surface area contributed by atoms with Crippen molar-refractivity contribution in [3.05, 3.63) is 99.4 Å². The van der Waals surface area contributed by atoms with Gasteiger partial charge in [0.2, 0.25) is 5.88 Å². The number of hydrogen-bond acceptors (Lipinski definition) is 9. The number of methoxy groups -OCH3 is 1. The zero-order chi connectivity index (χ0) is 24.9. The number of nitrogens with two attached hydrogens (primary N) is 1. The minimum absolute atomic E-state index is 0.0486. The Labute approximate surface area is 199 Å². The van der Waals surface area contributed by atoms with E-state index in [1.54, 1.807) is 37.4 Å². The second-order valence-electron chi connectivity index (χ2n) is 7.39. The van der Waals surface area contributed by atoms with Crippen molar-refractivity contribution in [3.8, 4) is 29.1 Å². The fraction of sp³-hybridized carbons (Fsp3) is 0.120. The molecule has 2 N–H and O–H groups in total. The first-order valence-electron chi connectivity index (χ1n) is 10.3. The Kier molecular flexibility index (Phi) is 6.50. The van der Waals surface area contributed by atoms with Crippen LogP contribution in [0.2, 0.25) is 0 Å². The number of para-hydroxylation sites is 2. The van der Waals surface area contributed by atoms with Gasteiger partial charge < -0.3 is 24.7 Å². The van der Waals surface area contributed by atoms with Crippen LogP contribution < -0.4 is 24.7 Å². The fourth-order valence-corrected chi connectivity index (χ4v) is 3.67. The molecule has 0 saturated carbocycles. The van der Waals surface area contributed by atoms with Gasteiger partial charge in [0.25, 0.3) is 0 Å². The van der Waals surface area contributed by atoms with Gasteiger partial charge in [-0.2, -0.15) is 5.26 Å². The molecule has 0 aromatic heterocycles. The fourth-order valence-electron chi connectivity index (χ4n) is 3.67. The van der Waals surface area contributed by atoms with Crippen LogP contribution in [0.3, 0.4) is 0 Å². The van der Waals surface area contributed by atoms with Crippen molar-refractivity contribution < 1.29 is 28.7 Å². The Balaban J connectivity index is 1.54. The van der Waals surface area contributed by atoms with Crippen molar-refractivity contribution in [1.29, 1.82) is 5.26 Å². The number of nitriles is 1. The molecule has 1 atom stereocenters. The molecular formula is C25H19N3O7. The summed E-state index contributed by atoms with van der Waals surface area (Å²) in [5, 5.41) is 20.8. The van der Waals surface area contributed by atoms with Crippen LogP contribution >= 0.6 is 0 Å². The van der Waals surface area contributed by atoms with E-state index in [-0.39, 0.29) is 28.6 Å². The summed E-state index contributed by atoms with van der Waals surface area (Å²) in [5.74, 6) is -0.208. The normalized spacial score (nSPS) is 14.2. The summed E-state index contributed by atoms with van der Waals surface area (Å²) < 4.78 is 21.4. The number of rotatable bonds is 7. The summed E-state index contributed by atoms with van der Waals surface area (Å²) >= 11 is 0. The van der Waals surface area contributed by atoms with E-state index < -0.39 is 23.4 Å². The number of esters is 1. The van der Waals surface area contributed by atoms with Gasteiger partial charge in [-0.1, -0.05) is 30.3 Å². The van der Waals surface area contributed by atoms with Crippen LogP contribution in [-0.4, -0.2) is 24.6 Å². The molecule has 176 valence electrons. The lowest BCUT2D eigenvalue weighted by Crippen LogP contribution is -2.21. The average molecular weight is 473 g/mol. The number of nitro benzene ring substituents is 1. The lowest BCUT2D eigenvalue weighted by molar-refractivity contribution is -0.385. The Morgan fingerprint density at radius 3 is 2.54 bits per heavy atom. The van der Waals surface area contributed by atoms with Gasteiger partial charge in [-0.25, -0.2) is 4.79 Å². The van der Waals surface area contributed by atoms with Gasteiger partial charge in [0.1, 0.15) is 28.9 Å². The van der Waals surface area contributed by atoms with Crippen LogP contribution in [0, 0.1) is 21.4 Å². The molecule has 10 heteroatoms. The average Bonchev–Trinajstić information content (AvgIpc) is 2.86. The third-order valence-corrected chi connectivity index (χ3v) is 5.28. The maximum Gasteiger partial charge on any atom is 0.349 e. The topological polar surface area (TPSA) is 147 Å². The van der Waals surface area contributed by atoms with E-state index in [0.717, 1.165) is 5.56 Å². The second kappa shape index (κ2) is 9.84. The van der Waals surface area contributed by atoms with E-state index in [1.165, 1.54) is 24.3 Å². The summed E-state index contributed by atoms with van der Waals surface area (Å²) in [7, 11) is 1.56. The summed E-state index contributed by atoms with van der Waals surface area (Å²) in [6, 6.07) is 19.8. The number of allylic oxidation sites excluding steroid dienone is 1. The third kappa shape index (κ3) is 4.84. The SMILES string of the molecule is COc1ccc(C2C(C#N)=C(N)Oc3cc(OC(=O)COc4ccccc4[N+](=O)[O-])ccc32)cc1. The van der Waals surface area contributed by atoms with Crippen LogP contribution in [0.15, 0.2) is 78.2 Å². The number of nitrogens with zero attached hydrogens (tertiary/aromatic N) is 2. The van der Waals surface area contributed by atoms with Crippen molar-refractivity contribution >= 4 is 11.7 Å². The quantitative estimate of drug-likeness (QED) is 0.234. The molecule has 0 saturated heterocycles. The first kappa shape index (κ1) is 23.1. The second-order valence-corrected chi connectivity index (χ2v) is 7.39. The van der Waals surface area contributed by atoms with Gasteiger partial charge in [0, 0.05) is 17.7 Å². The minimum atomic E-state index is -0.771. The number of benzene rings is 3. The molecule has 0 aliphatic carbocycles. The van der Waals surface area contributed by atoms with Gasteiger partial charge in [-0.3, -0.25) is 10.1 Å². The standard InChI is InChI=1S/C25H19N3O7/c1-32-16-8-6-15(7-9-16)24-18-11-10-17(12-22(18)35-25(27)19(24)13-26)34-23(29)14-33-21-5-3-2-4-20(21)28(30)31/h2-12,24H,14,27H2,1H3. The summed E-state index contributed by atoms with van der Waals surface area (Å²) in [6.07, 6.45) is 0. The molecular weight excluding hydrogens is 454 g/mol. The van der Waals surface area contributed by atoms with E-state index in [1.807, 2.05) is 12.1 Å². The maximum atomic E-state index is 12.3. The number of hydrogen-bond donors (Lipinski definition) is 1. The molecule has 35 heavy (non-hydrogen) atoms. The molecule has 0 radical (unpaired) electrons. The van der Waals surface area contributed by atoms with E-state index in [9.17, 15) is 20.2 Å². The first-order valence-corrected chi connectivity index (χ1v) is 10.3. The predicted molar refractivity (Wildman–Crippen MR) is 123 cm³/mol. The van der Waals surface area contributed by atoms with Gasteiger partial charge in [-0.15, -0.1) is 0 Å². The lowest BCUT2D eigenvalue weighted by atomic mass is 9.83. The monoisotopic (exact) mass is 473 g/mol. The summed E-state index contributed by atoms with van der Waals surface area (Å²) in [6.45, 7) is -0.544. The molecule has 10 nitrogen and oxygen atoms in total. The van der Waals surface area contributed by atoms with Gasteiger partial charge in [0.05, 0.1) is 18.0 Å². The number of nitro groups is 1. The van der Waals surface area contributed by atoms with Crippen molar-refractivity contribution in [2.45, 2.75) is 5.92 Å². The highest BCUT2D eigenvalue weighted by molar-refractivity contribution is 5.74. The van der Waals surface area contributed by atoms with Crippen LogP contribution in [0.5, 0.6) is 23.0 Å². The summed E-state index contributed by atoms with van der Waals surface area (Å²) in [4.78, 5) is 22.8. The molecule has 0 amide bonds. The molecule has 3 aromatic rings. The maximum absolute atomic E-state index is 12.3. The van der Waals surface area contributed by atoms with Crippen LogP contribution in [-0.2, 0) is 4.79 Å². The zero-order valence-electron chi connectivity index (χ0n) is 18.5. The van der Waals surface area contributed by atoms with Crippen molar-refractivity contribution in [2.75, 3.05) is 13.7 Å².